The van der Waals surface area contributed by atoms with Gasteiger partial charge < -0.3 is 24.3 Å². The van der Waals surface area contributed by atoms with E-state index in [2.05, 4.69) is 17.3 Å². The third kappa shape index (κ3) is 7.30. The van der Waals surface area contributed by atoms with Crippen LogP contribution < -0.4 is 19.5 Å². The summed E-state index contributed by atoms with van der Waals surface area (Å²) in [6.45, 7) is 5.24. The van der Waals surface area contributed by atoms with Crippen LogP contribution in [0.5, 0.6) is 17.2 Å². The summed E-state index contributed by atoms with van der Waals surface area (Å²) in [6, 6.07) is 10.5. The first-order valence-electron chi connectivity index (χ1n) is 11.7. The summed E-state index contributed by atoms with van der Waals surface area (Å²) in [6.07, 6.45) is 2.06. The fraction of sp³-hybridized carbons (Fsp3) is 0.480. The van der Waals surface area contributed by atoms with Crippen LogP contribution in [0.1, 0.15) is 35.7 Å². The molecule has 10 nitrogen and oxygen atoms in total. The molecule has 0 unspecified atom stereocenters. The topological polar surface area (TPSA) is 112 Å². The summed E-state index contributed by atoms with van der Waals surface area (Å²) >= 11 is 0. The van der Waals surface area contributed by atoms with Crippen LogP contribution in [0.15, 0.2) is 36.4 Å². The van der Waals surface area contributed by atoms with Gasteiger partial charge in [0.05, 0.1) is 24.7 Å². The third-order valence-corrected chi connectivity index (χ3v) is 5.90. The lowest BCUT2D eigenvalue weighted by molar-refractivity contribution is -0.385. The van der Waals surface area contributed by atoms with Gasteiger partial charge in [0.2, 0.25) is 0 Å². The van der Waals surface area contributed by atoms with Crippen LogP contribution in [0.3, 0.4) is 0 Å². The molecule has 0 aliphatic carbocycles. The minimum Gasteiger partial charge on any atom is -0.493 e. The first-order chi connectivity index (χ1) is 16.9. The van der Waals surface area contributed by atoms with Crippen molar-refractivity contribution >= 4 is 11.6 Å². The van der Waals surface area contributed by atoms with Crippen LogP contribution in [0.4, 0.5) is 5.69 Å². The molecule has 1 fully saturated rings. The molecule has 3 rings (SSSR count). The van der Waals surface area contributed by atoms with E-state index >= 15 is 0 Å². The molecule has 190 valence electrons. The first kappa shape index (κ1) is 26.2. The summed E-state index contributed by atoms with van der Waals surface area (Å²) in [5, 5.41) is 14.3. The highest BCUT2D eigenvalue weighted by Crippen LogP contribution is 2.34. The highest BCUT2D eigenvalue weighted by atomic mass is 16.6. The number of nitro benzene ring substituents is 1. The van der Waals surface area contributed by atoms with Crippen molar-refractivity contribution in [2.45, 2.75) is 32.4 Å². The lowest BCUT2D eigenvalue weighted by atomic mass is 10.1. The molecule has 2 aromatic rings. The van der Waals surface area contributed by atoms with Crippen molar-refractivity contribution < 1.29 is 28.7 Å². The summed E-state index contributed by atoms with van der Waals surface area (Å²) in [7, 11) is 3.49. The van der Waals surface area contributed by atoms with E-state index < -0.39 is 10.8 Å². The number of nitrogens with one attached hydrogen (secondary N) is 1. The summed E-state index contributed by atoms with van der Waals surface area (Å²) in [5.41, 5.74) is 0.367. The zero-order valence-corrected chi connectivity index (χ0v) is 20.5. The number of methoxy groups -OCH3 is 1. The maximum Gasteiger partial charge on any atom is 0.286 e. The number of nitro groups is 1. The predicted molar refractivity (Wildman–Crippen MR) is 130 cm³/mol. The van der Waals surface area contributed by atoms with E-state index in [1.54, 1.807) is 6.92 Å². The van der Waals surface area contributed by atoms with Crippen molar-refractivity contribution in [1.82, 2.24) is 10.2 Å². The Labute approximate surface area is 205 Å². The largest absolute Gasteiger partial charge is 0.493 e. The number of hydrogen-bond donors (Lipinski definition) is 1. The van der Waals surface area contributed by atoms with E-state index in [9.17, 15) is 14.9 Å². The molecule has 0 aromatic heterocycles. The van der Waals surface area contributed by atoms with E-state index in [0.717, 1.165) is 38.2 Å². The minimum atomic E-state index is -0.612. The summed E-state index contributed by atoms with van der Waals surface area (Å²) in [5.74, 6) is 0.588. The number of carbonyl (C=O) groups excluding carboxylic acids is 1. The lowest BCUT2D eigenvalue weighted by Gasteiger charge is -2.31. The average Bonchev–Trinajstić information content (AvgIpc) is 2.87. The number of carbonyl (C=O) groups is 1. The number of nitrogens with zero attached hydrogens (tertiary/aromatic N) is 2. The molecule has 1 aliphatic rings. The van der Waals surface area contributed by atoms with Gasteiger partial charge in [-0.05, 0) is 44.5 Å². The van der Waals surface area contributed by atoms with E-state index in [-0.39, 0.29) is 29.3 Å². The van der Waals surface area contributed by atoms with Crippen LogP contribution in [0, 0.1) is 10.1 Å². The molecular formula is C25H33N3O7. The zero-order valence-electron chi connectivity index (χ0n) is 20.5. The Morgan fingerprint density at radius 3 is 2.66 bits per heavy atom. The SMILES string of the molecule is CCOc1cc(C(=O)NCc2cccc(OCCN(C)C3CCOCC3)c2)c([N+](=O)[O-])cc1OC. The van der Waals surface area contributed by atoms with Crippen molar-refractivity contribution in [1.29, 1.82) is 0 Å². The van der Waals surface area contributed by atoms with Gasteiger partial charge >= 0.3 is 0 Å². The molecule has 1 heterocycles. The number of rotatable bonds is 12. The molecule has 0 saturated carbocycles. The number of benzene rings is 2. The predicted octanol–water partition coefficient (Wildman–Crippen LogP) is 3.42. The van der Waals surface area contributed by atoms with Gasteiger partial charge in [0.15, 0.2) is 11.5 Å². The monoisotopic (exact) mass is 487 g/mol. The van der Waals surface area contributed by atoms with Gasteiger partial charge in [-0.25, -0.2) is 0 Å². The van der Waals surface area contributed by atoms with Crippen LogP contribution in [0.2, 0.25) is 0 Å². The number of ether oxygens (including phenoxy) is 4. The van der Waals surface area contributed by atoms with E-state index in [4.69, 9.17) is 18.9 Å². The van der Waals surface area contributed by atoms with Crippen LogP contribution in [0.25, 0.3) is 0 Å². The van der Waals surface area contributed by atoms with Gasteiger partial charge in [-0.3, -0.25) is 19.8 Å². The maximum atomic E-state index is 12.8. The molecule has 0 radical (unpaired) electrons. The van der Waals surface area contributed by atoms with Gasteiger partial charge in [-0.1, -0.05) is 12.1 Å². The molecular weight excluding hydrogens is 454 g/mol. The second kappa shape index (κ2) is 12.9. The molecule has 0 bridgehead atoms. The van der Waals surface area contributed by atoms with Gasteiger partial charge in [0.1, 0.15) is 17.9 Å². The van der Waals surface area contributed by atoms with Crippen molar-refractivity contribution in [2.24, 2.45) is 0 Å². The Kier molecular flexibility index (Phi) is 9.68. The van der Waals surface area contributed by atoms with Crippen LogP contribution in [-0.2, 0) is 11.3 Å². The fourth-order valence-corrected chi connectivity index (χ4v) is 3.95. The molecule has 1 saturated heterocycles. The Hall–Kier alpha value is -3.37. The Balaban J connectivity index is 1.59. The Morgan fingerprint density at radius 2 is 1.97 bits per heavy atom. The van der Waals surface area contributed by atoms with E-state index in [1.807, 2.05) is 24.3 Å². The Bertz CT molecular complexity index is 1010. The molecule has 1 N–H and O–H groups in total. The van der Waals surface area contributed by atoms with Crippen molar-refractivity contribution in [3.05, 3.63) is 57.6 Å². The molecule has 10 heteroatoms. The zero-order chi connectivity index (χ0) is 25.2. The smallest absolute Gasteiger partial charge is 0.286 e. The van der Waals surface area contributed by atoms with Crippen molar-refractivity contribution in [3.8, 4) is 17.2 Å². The van der Waals surface area contributed by atoms with Gasteiger partial charge in [0, 0.05) is 38.4 Å². The molecule has 0 atom stereocenters. The van der Waals surface area contributed by atoms with E-state index in [1.165, 1.54) is 19.2 Å². The average molecular weight is 488 g/mol. The highest BCUT2D eigenvalue weighted by molar-refractivity contribution is 5.99. The van der Waals surface area contributed by atoms with Gasteiger partial charge in [0.25, 0.3) is 11.6 Å². The number of likely N-dealkylation sites (N-methyl/N-ethyl adjacent to an activating group) is 1. The molecule has 35 heavy (non-hydrogen) atoms. The van der Waals surface area contributed by atoms with Crippen molar-refractivity contribution in [2.75, 3.05) is 47.1 Å². The number of hydrogen-bond acceptors (Lipinski definition) is 8. The number of amides is 1. The standard InChI is InChI=1S/C25H33N3O7/c1-4-34-24-15-21(22(28(30)31)16-23(24)32-3)25(29)26-17-18-6-5-7-20(14-18)35-13-10-27(2)19-8-11-33-12-9-19/h5-7,14-16,19H,4,8-13,17H2,1-3H3,(H,26,29). The van der Waals surface area contributed by atoms with Gasteiger partial charge in [-0.2, -0.15) is 0 Å². The second-order valence-electron chi connectivity index (χ2n) is 8.21. The normalized spacial score (nSPS) is 13.9. The third-order valence-electron chi connectivity index (χ3n) is 5.90. The van der Waals surface area contributed by atoms with Crippen LogP contribution in [-0.4, -0.2) is 68.9 Å². The molecule has 1 aliphatic heterocycles. The molecule has 0 spiro atoms. The summed E-state index contributed by atoms with van der Waals surface area (Å²) < 4.78 is 22.0. The van der Waals surface area contributed by atoms with Crippen LogP contribution >= 0.6 is 0 Å². The molecule has 1 amide bonds. The Morgan fingerprint density at radius 1 is 1.20 bits per heavy atom. The maximum absolute atomic E-state index is 12.8. The molecule has 2 aromatic carbocycles. The van der Waals surface area contributed by atoms with E-state index in [0.29, 0.717) is 25.0 Å². The first-order valence-corrected chi connectivity index (χ1v) is 11.7. The van der Waals surface area contributed by atoms with Crippen molar-refractivity contribution in [3.63, 3.8) is 0 Å². The summed E-state index contributed by atoms with van der Waals surface area (Å²) in [4.78, 5) is 26.0. The lowest BCUT2D eigenvalue weighted by Crippen LogP contribution is -2.38. The highest BCUT2D eigenvalue weighted by Gasteiger charge is 2.24. The minimum absolute atomic E-state index is 0.0946. The quantitative estimate of drug-likeness (QED) is 0.358. The van der Waals surface area contributed by atoms with Gasteiger partial charge in [-0.15, -0.1) is 0 Å². The second-order valence-corrected chi connectivity index (χ2v) is 8.21. The fourth-order valence-electron chi connectivity index (χ4n) is 3.95.